The Kier molecular flexibility index (Phi) is 6.81. The molecule has 98 valence electrons. The third kappa shape index (κ3) is 6.21. The molecule has 1 aromatic carbocycles. The van der Waals surface area contributed by atoms with Crippen molar-refractivity contribution in [2.24, 2.45) is 0 Å². The lowest BCUT2D eigenvalue weighted by Crippen LogP contribution is -2.07. The second kappa shape index (κ2) is 8.48. The van der Waals surface area contributed by atoms with E-state index in [4.69, 9.17) is 4.74 Å². The van der Waals surface area contributed by atoms with Gasteiger partial charge in [-0.25, -0.2) is 4.79 Å². The van der Waals surface area contributed by atoms with Crippen LogP contribution in [-0.2, 0) is 16.0 Å². The number of rotatable bonds is 7. The zero-order valence-corrected chi connectivity index (χ0v) is 10.7. The number of aliphatic hydroxyl groups is 1. The largest absolute Gasteiger partial charge is 0.463 e. The number of aryl methyl sites for hydroxylation is 1. The minimum atomic E-state index is -0.420. The van der Waals surface area contributed by atoms with Crippen molar-refractivity contribution in [2.75, 3.05) is 6.61 Å². The molecule has 1 N–H and O–H groups in total. The first kappa shape index (κ1) is 14.5. The van der Waals surface area contributed by atoms with E-state index in [0.717, 1.165) is 6.42 Å². The summed E-state index contributed by atoms with van der Waals surface area (Å²) < 4.78 is 4.75. The van der Waals surface area contributed by atoms with Crippen molar-refractivity contribution in [1.29, 1.82) is 0 Å². The van der Waals surface area contributed by atoms with Crippen LogP contribution in [0.3, 0.4) is 0 Å². The molecule has 0 amide bonds. The van der Waals surface area contributed by atoms with Gasteiger partial charge in [0.25, 0.3) is 0 Å². The van der Waals surface area contributed by atoms with Crippen LogP contribution in [-0.4, -0.2) is 23.8 Å². The summed E-state index contributed by atoms with van der Waals surface area (Å²) in [5, 5.41) is 9.75. The molecule has 1 aromatic rings. The summed E-state index contributed by atoms with van der Waals surface area (Å²) >= 11 is 0. The van der Waals surface area contributed by atoms with Crippen molar-refractivity contribution < 1.29 is 14.6 Å². The first-order valence-electron chi connectivity index (χ1n) is 6.27. The normalized spacial score (nSPS) is 12.6. The Labute approximate surface area is 108 Å². The van der Waals surface area contributed by atoms with Crippen LogP contribution in [0.15, 0.2) is 42.5 Å². The SMILES string of the molecule is CCOC(=O)/C=C/CC(O)CCc1ccccc1. The second-order valence-electron chi connectivity index (χ2n) is 4.07. The molecular formula is C15H20O3. The molecule has 0 aliphatic carbocycles. The summed E-state index contributed by atoms with van der Waals surface area (Å²) in [5.74, 6) is -0.354. The lowest BCUT2D eigenvalue weighted by Gasteiger charge is -2.07. The second-order valence-corrected chi connectivity index (χ2v) is 4.07. The van der Waals surface area contributed by atoms with Crippen molar-refractivity contribution in [2.45, 2.75) is 32.3 Å². The third-order valence-electron chi connectivity index (χ3n) is 2.56. The van der Waals surface area contributed by atoms with Crippen molar-refractivity contribution in [3.8, 4) is 0 Å². The maximum atomic E-state index is 11.0. The molecule has 0 bridgehead atoms. The summed E-state index contributed by atoms with van der Waals surface area (Å²) in [6.07, 6.45) is 4.62. The summed E-state index contributed by atoms with van der Waals surface area (Å²) in [5.41, 5.74) is 1.21. The molecule has 0 heterocycles. The Balaban J connectivity index is 2.22. The Hall–Kier alpha value is -1.61. The van der Waals surface area contributed by atoms with Gasteiger partial charge in [-0.05, 0) is 31.7 Å². The molecule has 0 radical (unpaired) electrons. The zero-order chi connectivity index (χ0) is 13.2. The van der Waals surface area contributed by atoms with Crippen LogP contribution in [0.1, 0.15) is 25.3 Å². The van der Waals surface area contributed by atoms with Gasteiger partial charge in [-0.15, -0.1) is 0 Å². The summed E-state index contributed by atoms with van der Waals surface area (Å²) in [7, 11) is 0. The van der Waals surface area contributed by atoms with Crippen LogP contribution in [0, 0.1) is 0 Å². The van der Waals surface area contributed by atoms with E-state index >= 15 is 0 Å². The van der Waals surface area contributed by atoms with E-state index in [-0.39, 0.29) is 5.97 Å². The fourth-order valence-corrected chi connectivity index (χ4v) is 1.61. The minimum Gasteiger partial charge on any atom is -0.463 e. The molecule has 3 nitrogen and oxygen atoms in total. The van der Waals surface area contributed by atoms with Crippen LogP contribution in [0.5, 0.6) is 0 Å². The molecule has 1 unspecified atom stereocenters. The molecule has 1 atom stereocenters. The van der Waals surface area contributed by atoms with Crippen molar-refractivity contribution in [1.82, 2.24) is 0 Å². The van der Waals surface area contributed by atoms with E-state index in [1.807, 2.05) is 30.3 Å². The van der Waals surface area contributed by atoms with Crippen LogP contribution in [0.2, 0.25) is 0 Å². The Bertz CT molecular complexity index is 371. The van der Waals surface area contributed by atoms with Gasteiger partial charge in [-0.1, -0.05) is 36.4 Å². The lowest BCUT2D eigenvalue weighted by atomic mass is 10.1. The topological polar surface area (TPSA) is 46.5 Å². The third-order valence-corrected chi connectivity index (χ3v) is 2.56. The van der Waals surface area contributed by atoms with Crippen LogP contribution in [0.25, 0.3) is 0 Å². The summed E-state index contributed by atoms with van der Waals surface area (Å²) in [6.45, 7) is 2.14. The minimum absolute atomic E-state index is 0.354. The maximum absolute atomic E-state index is 11.0. The van der Waals surface area contributed by atoms with E-state index in [1.165, 1.54) is 11.6 Å². The number of hydrogen-bond acceptors (Lipinski definition) is 3. The number of aliphatic hydroxyl groups excluding tert-OH is 1. The predicted octanol–water partition coefficient (Wildman–Crippen LogP) is 2.49. The highest BCUT2D eigenvalue weighted by molar-refractivity contribution is 5.81. The molecule has 0 saturated carbocycles. The van der Waals surface area contributed by atoms with E-state index in [1.54, 1.807) is 13.0 Å². The van der Waals surface area contributed by atoms with Gasteiger partial charge in [0.05, 0.1) is 12.7 Å². The van der Waals surface area contributed by atoms with Gasteiger partial charge in [0.2, 0.25) is 0 Å². The zero-order valence-electron chi connectivity index (χ0n) is 10.7. The summed E-state index contributed by atoms with van der Waals surface area (Å²) in [4.78, 5) is 11.0. The molecule has 0 saturated heterocycles. The quantitative estimate of drug-likeness (QED) is 0.595. The molecule has 18 heavy (non-hydrogen) atoms. The first-order chi connectivity index (χ1) is 8.72. The molecule has 0 aliphatic rings. The number of hydrogen-bond donors (Lipinski definition) is 1. The molecule has 0 aliphatic heterocycles. The smallest absolute Gasteiger partial charge is 0.330 e. The van der Waals surface area contributed by atoms with Crippen molar-refractivity contribution >= 4 is 5.97 Å². The molecule has 0 spiro atoms. The van der Waals surface area contributed by atoms with E-state index in [9.17, 15) is 9.90 Å². The highest BCUT2D eigenvalue weighted by atomic mass is 16.5. The number of carbonyl (C=O) groups is 1. The van der Waals surface area contributed by atoms with Crippen molar-refractivity contribution in [3.63, 3.8) is 0 Å². The Morgan fingerprint density at radius 2 is 2.11 bits per heavy atom. The van der Waals surface area contributed by atoms with E-state index in [2.05, 4.69) is 0 Å². The van der Waals surface area contributed by atoms with E-state index < -0.39 is 6.10 Å². The molecule has 0 fully saturated rings. The standard InChI is InChI=1S/C15H20O3/c1-2-18-15(17)10-6-9-14(16)12-11-13-7-4-3-5-8-13/h3-8,10,14,16H,2,9,11-12H2,1H3/b10-6+. The van der Waals surface area contributed by atoms with Gasteiger partial charge in [0, 0.05) is 6.08 Å². The van der Waals surface area contributed by atoms with Gasteiger partial charge in [0.1, 0.15) is 0 Å². The Morgan fingerprint density at radius 1 is 1.39 bits per heavy atom. The van der Waals surface area contributed by atoms with E-state index in [0.29, 0.717) is 19.4 Å². The maximum Gasteiger partial charge on any atom is 0.330 e. The lowest BCUT2D eigenvalue weighted by molar-refractivity contribution is -0.137. The van der Waals surface area contributed by atoms with Gasteiger partial charge < -0.3 is 9.84 Å². The predicted molar refractivity (Wildman–Crippen MR) is 71.2 cm³/mol. The van der Waals surface area contributed by atoms with Gasteiger partial charge in [-0.3, -0.25) is 0 Å². The van der Waals surface area contributed by atoms with Crippen LogP contribution in [0.4, 0.5) is 0 Å². The van der Waals surface area contributed by atoms with Gasteiger partial charge >= 0.3 is 5.97 Å². The number of esters is 1. The molecular weight excluding hydrogens is 228 g/mol. The number of benzene rings is 1. The molecule has 3 heteroatoms. The molecule has 0 aromatic heterocycles. The van der Waals surface area contributed by atoms with Gasteiger partial charge in [0.15, 0.2) is 0 Å². The average Bonchev–Trinajstić information content (AvgIpc) is 2.38. The average molecular weight is 248 g/mol. The van der Waals surface area contributed by atoms with Gasteiger partial charge in [-0.2, -0.15) is 0 Å². The monoisotopic (exact) mass is 248 g/mol. The fraction of sp³-hybridized carbons (Fsp3) is 0.400. The summed E-state index contributed by atoms with van der Waals surface area (Å²) in [6, 6.07) is 10.0. The first-order valence-corrected chi connectivity index (χ1v) is 6.27. The van der Waals surface area contributed by atoms with Crippen molar-refractivity contribution in [3.05, 3.63) is 48.0 Å². The van der Waals surface area contributed by atoms with Crippen LogP contribution < -0.4 is 0 Å². The Morgan fingerprint density at radius 3 is 2.78 bits per heavy atom. The van der Waals surface area contributed by atoms with Crippen LogP contribution >= 0.6 is 0 Å². The number of ether oxygens (including phenoxy) is 1. The fourth-order valence-electron chi connectivity index (χ4n) is 1.61. The number of carbonyl (C=O) groups excluding carboxylic acids is 1. The molecule has 1 rings (SSSR count). The highest BCUT2D eigenvalue weighted by Gasteiger charge is 2.03. The highest BCUT2D eigenvalue weighted by Crippen LogP contribution is 2.07.